The minimum Gasteiger partial charge on any atom is -0.357 e. The average molecular weight is 306 g/mol. The summed E-state index contributed by atoms with van der Waals surface area (Å²) in [6, 6.07) is 7.80. The summed E-state index contributed by atoms with van der Waals surface area (Å²) in [5.74, 6) is 0.172. The predicted molar refractivity (Wildman–Crippen MR) is 83.2 cm³/mol. The summed E-state index contributed by atoms with van der Waals surface area (Å²) >= 11 is 5.90. The number of methoxy groups -OCH3 is 1. The lowest BCUT2D eigenvalue weighted by Gasteiger charge is -2.26. The Hall–Kier alpha value is -1.32. The highest BCUT2D eigenvalue weighted by Crippen LogP contribution is 2.36. The van der Waals surface area contributed by atoms with E-state index in [0.29, 0.717) is 6.54 Å². The van der Waals surface area contributed by atoms with Crippen molar-refractivity contribution in [3.63, 3.8) is 0 Å². The minimum atomic E-state index is -0.153. The number of carbonyl (C=O) groups excluding carboxylic acids is 1. The second-order valence-electron chi connectivity index (χ2n) is 5.67. The van der Waals surface area contributed by atoms with E-state index in [1.807, 2.05) is 29.2 Å². The van der Waals surface area contributed by atoms with Crippen LogP contribution in [0.15, 0.2) is 35.4 Å². The van der Waals surface area contributed by atoms with Crippen LogP contribution in [0.1, 0.15) is 31.2 Å². The Morgan fingerprint density at radius 2 is 1.95 bits per heavy atom. The van der Waals surface area contributed by atoms with Gasteiger partial charge in [0.15, 0.2) is 6.23 Å². The van der Waals surface area contributed by atoms with E-state index in [0.717, 1.165) is 42.7 Å². The van der Waals surface area contributed by atoms with E-state index in [-0.39, 0.29) is 12.1 Å². The Kier molecular flexibility index (Phi) is 4.32. The van der Waals surface area contributed by atoms with E-state index in [4.69, 9.17) is 16.3 Å². The summed E-state index contributed by atoms with van der Waals surface area (Å²) < 4.78 is 5.60. The fourth-order valence-electron chi connectivity index (χ4n) is 3.30. The SMILES string of the molecule is CO[C@H]1C2=C(CCCC2)C(=O)N1CCc1ccc(Cl)cc1. The molecular weight excluding hydrogens is 286 g/mol. The van der Waals surface area contributed by atoms with Gasteiger partial charge in [0.1, 0.15) is 0 Å². The molecule has 1 atom stereocenters. The Bertz CT molecular complexity index is 565. The van der Waals surface area contributed by atoms with Gasteiger partial charge in [0.05, 0.1) is 0 Å². The van der Waals surface area contributed by atoms with Gasteiger partial charge in [-0.05, 0) is 55.4 Å². The molecule has 0 saturated heterocycles. The number of halogens is 1. The zero-order valence-electron chi connectivity index (χ0n) is 12.3. The molecule has 0 radical (unpaired) electrons. The van der Waals surface area contributed by atoms with Gasteiger partial charge >= 0.3 is 0 Å². The van der Waals surface area contributed by atoms with E-state index in [2.05, 4.69) is 0 Å². The van der Waals surface area contributed by atoms with Gasteiger partial charge in [-0.15, -0.1) is 0 Å². The summed E-state index contributed by atoms with van der Waals surface area (Å²) in [6.45, 7) is 0.686. The second kappa shape index (κ2) is 6.20. The summed E-state index contributed by atoms with van der Waals surface area (Å²) in [7, 11) is 1.69. The van der Waals surface area contributed by atoms with Crippen LogP contribution in [0.3, 0.4) is 0 Å². The lowest BCUT2D eigenvalue weighted by Crippen LogP contribution is -2.38. The molecule has 0 spiro atoms. The highest BCUT2D eigenvalue weighted by molar-refractivity contribution is 6.30. The molecule has 3 rings (SSSR count). The van der Waals surface area contributed by atoms with E-state index in [1.165, 1.54) is 11.1 Å². The van der Waals surface area contributed by atoms with Crippen molar-refractivity contribution in [2.45, 2.75) is 38.3 Å². The van der Waals surface area contributed by atoms with E-state index in [9.17, 15) is 4.79 Å². The first-order chi connectivity index (χ1) is 10.2. The maximum absolute atomic E-state index is 12.6. The van der Waals surface area contributed by atoms with E-state index >= 15 is 0 Å². The number of ether oxygens (including phenoxy) is 1. The maximum atomic E-state index is 12.6. The van der Waals surface area contributed by atoms with Gasteiger partial charge in [0.2, 0.25) is 0 Å². The number of benzene rings is 1. The first kappa shape index (κ1) is 14.6. The first-order valence-electron chi connectivity index (χ1n) is 7.51. The van der Waals surface area contributed by atoms with Crippen LogP contribution in [0.25, 0.3) is 0 Å². The lowest BCUT2D eigenvalue weighted by atomic mass is 9.93. The normalized spacial score (nSPS) is 21.9. The molecule has 1 heterocycles. The van der Waals surface area contributed by atoms with Gasteiger partial charge in [-0.3, -0.25) is 4.79 Å². The van der Waals surface area contributed by atoms with Crippen LogP contribution in [0, 0.1) is 0 Å². The summed E-state index contributed by atoms with van der Waals surface area (Å²) in [5, 5.41) is 0.739. The molecule has 0 unspecified atom stereocenters. The molecule has 2 aliphatic rings. The van der Waals surface area contributed by atoms with Crippen LogP contribution in [-0.2, 0) is 16.0 Å². The first-order valence-corrected chi connectivity index (χ1v) is 7.88. The van der Waals surface area contributed by atoms with Crippen molar-refractivity contribution in [2.75, 3.05) is 13.7 Å². The number of amides is 1. The summed E-state index contributed by atoms with van der Waals surface area (Å²) in [4.78, 5) is 14.4. The minimum absolute atomic E-state index is 0.153. The molecule has 0 aromatic heterocycles. The predicted octanol–water partition coefficient (Wildman–Crippen LogP) is 3.57. The van der Waals surface area contributed by atoms with Crippen LogP contribution < -0.4 is 0 Å². The fourth-order valence-corrected chi connectivity index (χ4v) is 3.43. The number of rotatable bonds is 4. The Labute approximate surface area is 130 Å². The van der Waals surface area contributed by atoms with Gasteiger partial charge < -0.3 is 9.64 Å². The molecule has 1 aliphatic carbocycles. The van der Waals surface area contributed by atoms with Crippen LogP contribution in [0.4, 0.5) is 0 Å². The molecule has 112 valence electrons. The van der Waals surface area contributed by atoms with Crippen molar-refractivity contribution in [1.82, 2.24) is 4.90 Å². The molecule has 1 aromatic rings. The Morgan fingerprint density at radius 1 is 1.24 bits per heavy atom. The topological polar surface area (TPSA) is 29.5 Å². The molecule has 4 heteroatoms. The quantitative estimate of drug-likeness (QED) is 0.851. The molecule has 1 amide bonds. The van der Waals surface area contributed by atoms with Crippen molar-refractivity contribution in [3.8, 4) is 0 Å². The molecule has 1 aliphatic heterocycles. The second-order valence-corrected chi connectivity index (χ2v) is 6.11. The molecule has 0 bridgehead atoms. The zero-order valence-corrected chi connectivity index (χ0v) is 13.0. The van der Waals surface area contributed by atoms with Gasteiger partial charge in [-0.1, -0.05) is 23.7 Å². The van der Waals surface area contributed by atoms with Gasteiger partial charge in [-0.25, -0.2) is 0 Å². The van der Waals surface area contributed by atoms with Crippen LogP contribution in [0.5, 0.6) is 0 Å². The highest BCUT2D eigenvalue weighted by atomic mass is 35.5. The van der Waals surface area contributed by atoms with Gasteiger partial charge in [0.25, 0.3) is 5.91 Å². The van der Waals surface area contributed by atoms with Crippen LogP contribution in [0.2, 0.25) is 5.02 Å². The molecule has 21 heavy (non-hydrogen) atoms. The number of nitrogens with zero attached hydrogens (tertiary/aromatic N) is 1. The molecule has 0 saturated carbocycles. The standard InChI is InChI=1S/C17H20ClNO2/c1-21-17-15-5-3-2-4-14(15)16(20)19(17)11-10-12-6-8-13(18)9-7-12/h6-9,17H,2-5,10-11H2,1H3/t17-/m0/s1. The molecule has 0 fully saturated rings. The molecule has 0 N–H and O–H groups in total. The third-order valence-electron chi connectivity index (χ3n) is 4.39. The van der Waals surface area contributed by atoms with Crippen molar-refractivity contribution in [3.05, 3.63) is 46.0 Å². The lowest BCUT2D eigenvalue weighted by molar-refractivity contribution is -0.133. The third-order valence-corrected chi connectivity index (χ3v) is 4.64. The summed E-state index contributed by atoms with van der Waals surface area (Å²) in [5.41, 5.74) is 3.40. The third kappa shape index (κ3) is 2.85. The zero-order chi connectivity index (χ0) is 14.8. The van der Waals surface area contributed by atoms with E-state index < -0.39 is 0 Å². The Balaban J connectivity index is 1.70. The van der Waals surface area contributed by atoms with Crippen LogP contribution in [-0.4, -0.2) is 30.7 Å². The van der Waals surface area contributed by atoms with Gasteiger partial charge in [0, 0.05) is 24.3 Å². The van der Waals surface area contributed by atoms with Crippen LogP contribution >= 0.6 is 11.6 Å². The van der Waals surface area contributed by atoms with Crippen molar-refractivity contribution >= 4 is 17.5 Å². The largest absolute Gasteiger partial charge is 0.357 e. The fraction of sp³-hybridized carbons (Fsp3) is 0.471. The smallest absolute Gasteiger partial charge is 0.252 e. The monoisotopic (exact) mass is 305 g/mol. The van der Waals surface area contributed by atoms with E-state index in [1.54, 1.807) is 7.11 Å². The Morgan fingerprint density at radius 3 is 2.67 bits per heavy atom. The molecule has 1 aromatic carbocycles. The highest BCUT2D eigenvalue weighted by Gasteiger charge is 2.39. The number of carbonyl (C=O) groups is 1. The molecule has 3 nitrogen and oxygen atoms in total. The van der Waals surface area contributed by atoms with Gasteiger partial charge in [-0.2, -0.15) is 0 Å². The summed E-state index contributed by atoms with van der Waals surface area (Å²) in [6.07, 6.45) is 4.86. The maximum Gasteiger partial charge on any atom is 0.252 e. The number of hydrogen-bond donors (Lipinski definition) is 0. The van der Waals surface area contributed by atoms with Crippen molar-refractivity contribution in [1.29, 1.82) is 0 Å². The van der Waals surface area contributed by atoms with Crippen molar-refractivity contribution in [2.24, 2.45) is 0 Å². The molecular formula is C17H20ClNO2. The number of hydrogen-bond acceptors (Lipinski definition) is 2. The average Bonchev–Trinajstić information content (AvgIpc) is 2.79. The van der Waals surface area contributed by atoms with Crippen molar-refractivity contribution < 1.29 is 9.53 Å².